The van der Waals surface area contributed by atoms with E-state index in [1.54, 1.807) is 0 Å². The molecule has 4 saturated carbocycles. The maximum absolute atomic E-state index is 12.2. The van der Waals surface area contributed by atoms with Crippen LogP contribution in [0.5, 0.6) is 0 Å². The Hall–Kier alpha value is -1.41. The van der Waals surface area contributed by atoms with Crippen molar-refractivity contribution < 1.29 is 15.1 Å². The Bertz CT molecular complexity index is 797. The SMILES string of the molecule is C[C@]12CC[C@H](O)C[C@H]1CC[C@@H]1[C@@H]2CC[C@]2(C)[C@@H](/C=C/C=C/CNOCCN=C(N)N)CC[C@]12O. The second-order valence-corrected chi connectivity index (χ2v) is 11.8. The molecule has 7 N–H and O–H groups in total. The Kier molecular flexibility index (Phi) is 7.77. The lowest BCUT2D eigenvalue weighted by molar-refractivity contribution is -0.207. The van der Waals surface area contributed by atoms with Gasteiger partial charge in [0.15, 0.2) is 5.96 Å². The van der Waals surface area contributed by atoms with Crippen LogP contribution in [0, 0.1) is 34.5 Å². The summed E-state index contributed by atoms with van der Waals surface area (Å²) in [5.41, 5.74) is 13.1. The third kappa shape index (κ3) is 4.69. The van der Waals surface area contributed by atoms with E-state index < -0.39 is 5.60 Å². The van der Waals surface area contributed by atoms with Crippen molar-refractivity contribution in [1.82, 2.24) is 5.48 Å². The van der Waals surface area contributed by atoms with Gasteiger partial charge in [0.1, 0.15) is 0 Å². The summed E-state index contributed by atoms with van der Waals surface area (Å²) >= 11 is 0. The first-order valence-electron chi connectivity index (χ1n) is 13.3. The van der Waals surface area contributed by atoms with Crippen LogP contribution in [0.3, 0.4) is 0 Å². The second kappa shape index (κ2) is 10.3. The van der Waals surface area contributed by atoms with E-state index in [2.05, 4.69) is 42.5 Å². The van der Waals surface area contributed by atoms with Crippen molar-refractivity contribution in [3.63, 3.8) is 0 Å². The molecule has 4 aliphatic carbocycles. The molecule has 0 amide bonds. The molecule has 0 aromatic heterocycles. The van der Waals surface area contributed by atoms with Gasteiger partial charge in [-0.25, -0.2) is 0 Å². The van der Waals surface area contributed by atoms with Gasteiger partial charge in [0.05, 0.1) is 24.9 Å². The van der Waals surface area contributed by atoms with Crippen LogP contribution in [0.25, 0.3) is 0 Å². The average Bonchev–Trinajstić information content (AvgIpc) is 3.06. The van der Waals surface area contributed by atoms with E-state index in [-0.39, 0.29) is 22.9 Å². The minimum atomic E-state index is -0.566. The number of allylic oxidation sites excluding steroid dienone is 3. The smallest absolute Gasteiger partial charge is 0.185 e. The molecule has 0 saturated heterocycles. The molecular formula is C27H46N4O3. The number of nitrogens with zero attached hydrogens (tertiary/aromatic N) is 1. The van der Waals surface area contributed by atoms with Crippen LogP contribution < -0.4 is 16.9 Å². The van der Waals surface area contributed by atoms with Crippen LogP contribution in [0.2, 0.25) is 0 Å². The number of nitrogens with two attached hydrogens (primary N) is 2. The fourth-order valence-electron chi connectivity index (χ4n) is 8.30. The highest BCUT2D eigenvalue weighted by Gasteiger charge is 2.66. The van der Waals surface area contributed by atoms with Crippen LogP contribution in [-0.4, -0.2) is 47.6 Å². The third-order valence-corrected chi connectivity index (χ3v) is 10.3. The molecule has 0 aromatic rings. The van der Waals surface area contributed by atoms with Crippen LogP contribution in [-0.2, 0) is 4.84 Å². The summed E-state index contributed by atoms with van der Waals surface area (Å²) in [5.74, 6) is 2.10. The van der Waals surface area contributed by atoms with Crippen LogP contribution >= 0.6 is 0 Å². The molecule has 0 bridgehead atoms. The molecular weight excluding hydrogens is 428 g/mol. The lowest BCUT2D eigenvalue weighted by atomic mass is 9.43. The summed E-state index contributed by atoms with van der Waals surface area (Å²) in [5, 5.41) is 22.5. The van der Waals surface area contributed by atoms with Crippen LogP contribution in [0.15, 0.2) is 29.3 Å². The van der Waals surface area contributed by atoms with E-state index in [1.165, 1.54) is 6.42 Å². The Balaban J connectivity index is 1.33. The first-order valence-corrected chi connectivity index (χ1v) is 13.3. The zero-order valence-electron chi connectivity index (χ0n) is 21.1. The van der Waals surface area contributed by atoms with Gasteiger partial charge in [0.25, 0.3) is 0 Å². The number of hydroxylamine groups is 1. The lowest BCUT2D eigenvalue weighted by Crippen LogP contribution is -2.62. The quantitative estimate of drug-likeness (QED) is 0.121. The summed E-state index contributed by atoms with van der Waals surface area (Å²) in [6.45, 7) is 6.28. The van der Waals surface area contributed by atoms with Gasteiger partial charge < -0.3 is 21.7 Å². The number of aliphatic hydroxyl groups excluding tert-OH is 1. The van der Waals surface area contributed by atoms with E-state index >= 15 is 0 Å². The predicted molar refractivity (Wildman–Crippen MR) is 136 cm³/mol. The molecule has 0 spiro atoms. The van der Waals surface area contributed by atoms with Gasteiger partial charge >= 0.3 is 0 Å². The zero-order valence-corrected chi connectivity index (χ0v) is 21.1. The minimum Gasteiger partial charge on any atom is -0.393 e. The summed E-state index contributed by atoms with van der Waals surface area (Å²) < 4.78 is 0. The number of hydrogen-bond donors (Lipinski definition) is 5. The maximum atomic E-state index is 12.2. The van der Waals surface area contributed by atoms with Gasteiger partial charge in [0, 0.05) is 12.0 Å². The lowest BCUT2D eigenvalue weighted by Gasteiger charge is -2.63. The molecule has 0 radical (unpaired) electrons. The molecule has 0 aliphatic heterocycles. The number of aliphatic hydroxyl groups is 2. The van der Waals surface area contributed by atoms with E-state index in [0.717, 1.165) is 51.4 Å². The van der Waals surface area contributed by atoms with Crippen molar-refractivity contribution in [1.29, 1.82) is 0 Å². The van der Waals surface area contributed by atoms with Crippen molar-refractivity contribution in [2.45, 2.75) is 83.3 Å². The maximum Gasteiger partial charge on any atom is 0.185 e. The molecule has 7 heteroatoms. The van der Waals surface area contributed by atoms with E-state index in [1.807, 2.05) is 6.08 Å². The van der Waals surface area contributed by atoms with Gasteiger partial charge in [-0.3, -0.25) is 9.83 Å². The Labute approximate surface area is 205 Å². The van der Waals surface area contributed by atoms with Crippen molar-refractivity contribution in [3.05, 3.63) is 24.3 Å². The zero-order chi connectivity index (χ0) is 24.4. The molecule has 34 heavy (non-hydrogen) atoms. The molecule has 4 aliphatic rings. The number of fused-ring (bicyclic) bond motifs is 5. The molecule has 0 heterocycles. The summed E-state index contributed by atoms with van der Waals surface area (Å²) in [4.78, 5) is 9.14. The van der Waals surface area contributed by atoms with E-state index in [9.17, 15) is 10.2 Å². The average molecular weight is 475 g/mol. The number of hydrogen-bond acceptors (Lipinski definition) is 5. The first-order chi connectivity index (χ1) is 16.2. The van der Waals surface area contributed by atoms with Crippen LogP contribution in [0.4, 0.5) is 0 Å². The number of nitrogens with one attached hydrogen (secondary N) is 1. The monoisotopic (exact) mass is 474 g/mol. The summed E-state index contributed by atoms with van der Waals surface area (Å²) in [6.07, 6.45) is 18.0. The molecule has 4 fully saturated rings. The van der Waals surface area contributed by atoms with Gasteiger partial charge in [-0.2, -0.15) is 5.48 Å². The standard InChI is InChI=1S/C27H46N4O3/c1-25-12-10-21(32)18-20(25)7-8-23-22(25)11-13-26(2)19(9-14-27(23,26)33)6-4-3-5-15-31-34-17-16-30-24(28)29/h3-6,19-23,31-33H,7-18H2,1-2H3,(H4,28,29,30)/b5-3+,6-4+/t19-,20+,21-,22-,23+,25-,26+,27-/m0/s1. The van der Waals surface area contributed by atoms with E-state index in [4.69, 9.17) is 16.3 Å². The Morgan fingerprint density at radius 2 is 1.88 bits per heavy atom. The molecule has 192 valence electrons. The van der Waals surface area contributed by atoms with Gasteiger partial charge in [0.2, 0.25) is 0 Å². The van der Waals surface area contributed by atoms with E-state index in [0.29, 0.717) is 43.4 Å². The number of guanidine groups is 1. The van der Waals surface area contributed by atoms with Gasteiger partial charge in [-0.1, -0.05) is 38.2 Å². The van der Waals surface area contributed by atoms with Crippen molar-refractivity contribution in [2.75, 3.05) is 19.7 Å². The third-order valence-electron chi connectivity index (χ3n) is 10.3. The Morgan fingerprint density at radius 3 is 2.68 bits per heavy atom. The topological polar surface area (TPSA) is 126 Å². The fraction of sp³-hybridized carbons (Fsp3) is 0.815. The normalized spacial score (nSPS) is 44.1. The highest BCUT2D eigenvalue weighted by atomic mass is 16.6. The molecule has 8 atom stereocenters. The fourth-order valence-corrected chi connectivity index (χ4v) is 8.30. The summed E-state index contributed by atoms with van der Waals surface area (Å²) in [7, 11) is 0. The number of aliphatic imine (C=N–C) groups is 1. The van der Waals surface area contributed by atoms with Crippen molar-refractivity contribution in [2.24, 2.45) is 51.0 Å². The first kappa shape index (κ1) is 25.7. The van der Waals surface area contributed by atoms with Crippen molar-refractivity contribution in [3.8, 4) is 0 Å². The Morgan fingerprint density at radius 1 is 1.06 bits per heavy atom. The molecule has 4 rings (SSSR count). The van der Waals surface area contributed by atoms with Gasteiger partial charge in [-0.05, 0) is 86.9 Å². The minimum absolute atomic E-state index is 0.0530. The predicted octanol–water partition coefficient (Wildman–Crippen LogP) is 3.03. The second-order valence-electron chi connectivity index (χ2n) is 11.8. The van der Waals surface area contributed by atoms with Gasteiger partial charge in [-0.15, -0.1) is 0 Å². The van der Waals surface area contributed by atoms with Crippen molar-refractivity contribution >= 4 is 5.96 Å². The number of rotatable bonds is 8. The molecule has 7 nitrogen and oxygen atoms in total. The van der Waals surface area contributed by atoms with Crippen LogP contribution in [0.1, 0.15) is 71.6 Å². The summed E-state index contributed by atoms with van der Waals surface area (Å²) in [6, 6.07) is 0. The largest absolute Gasteiger partial charge is 0.393 e. The molecule has 0 unspecified atom stereocenters. The highest BCUT2D eigenvalue weighted by molar-refractivity contribution is 5.75. The highest BCUT2D eigenvalue weighted by Crippen LogP contribution is 2.69. The molecule has 0 aromatic carbocycles.